The maximum atomic E-state index is 13.3. The summed E-state index contributed by atoms with van der Waals surface area (Å²) in [5, 5.41) is 2.71. The van der Waals surface area contributed by atoms with Crippen LogP contribution in [0.4, 0.5) is 4.39 Å². The Hall–Kier alpha value is -2.10. The molecule has 0 radical (unpaired) electrons. The predicted octanol–water partition coefficient (Wildman–Crippen LogP) is 2.33. The number of hydrogen-bond donors (Lipinski definition) is 1. The summed E-state index contributed by atoms with van der Waals surface area (Å²) in [6.45, 7) is 0.868. The maximum Gasteiger partial charge on any atom is 0.222 e. The number of aryl methyl sites for hydroxylation is 1. The van der Waals surface area contributed by atoms with Gasteiger partial charge >= 0.3 is 0 Å². The lowest BCUT2D eigenvalue weighted by atomic mass is 10.2. The monoisotopic (exact) mass is 246 g/mol. The van der Waals surface area contributed by atoms with Crippen LogP contribution in [0.3, 0.4) is 0 Å². The molecule has 3 nitrogen and oxygen atoms in total. The van der Waals surface area contributed by atoms with Crippen molar-refractivity contribution in [2.75, 3.05) is 0 Å². The first-order chi connectivity index (χ1) is 8.75. The average molecular weight is 246 g/mol. The van der Waals surface area contributed by atoms with Crippen LogP contribution >= 0.6 is 0 Å². The topological polar surface area (TPSA) is 34.0 Å². The molecule has 0 bridgehead atoms. The van der Waals surface area contributed by atoms with Crippen LogP contribution in [0.5, 0.6) is 0 Å². The van der Waals surface area contributed by atoms with Crippen LogP contribution in [0.15, 0.2) is 48.8 Å². The first kappa shape index (κ1) is 12.4. The maximum absolute atomic E-state index is 13.3. The van der Waals surface area contributed by atoms with Crippen LogP contribution in [-0.4, -0.2) is 10.5 Å². The molecule has 2 aromatic rings. The minimum atomic E-state index is -0.289. The second-order valence-electron chi connectivity index (χ2n) is 4.04. The second kappa shape index (κ2) is 6.00. The molecule has 1 aromatic heterocycles. The number of rotatable bonds is 5. The molecule has 0 saturated heterocycles. The lowest BCUT2D eigenvalue weighted by Crippen LogP contribution is -2.24. The molecule has 1 N–H and O–H groups in total. The SMILES string of the molecule is O=C(CCn1cccc1)NCc1ccccc1F. The minimum absolute atomic E-state index is 0.0769. The van der Waals surface area contributed by atoms with Gasteiger partial charge in [-0.3, -0.25) is 4.79 Å². The Morgan fingerprint density at radius 1 is 1.17 bits per heavy atom. The zero-order valence-electron chi connectivity index (χ0n) is 9.97. The highest BCUT2D eigenvalue weighted by atomic mass is 19.1. The van der Waals surface area contributed by atoms with E-state index in [1.54, 1.807) is 18.2 Å². The number of benzene rings is 1. The molecule has 2 rings (SSSR count). The van der Waals surface area contributed by atoms with E-state index in [4.69, 9.17) is 0 Å². The number of carbonyl (C=O) groups is 1. The fraction of sp³-hybridized carbons (Fsp3) is 0.214. The third kappa shape index (κ3) is 3.45. The van der Waals surface area contributed by atoms with Crippen LogP contribution in [0.1, 0.15) is 12.0 Å². The van der Waals surface area contributed by atoms with Gasteiger partial charge in [0, 0.05) is 37.5 Å². The van der Waals surface area contributed by atoms with Gasteiger partial charge in [-0.2, -0.15) is 0 Å². The van der Waals surface area contributed by atoms with Crippen molar-refractivity contribution in [1.82, 2.24) is 9.88 Å². The Morgan fingerprint density at radius 3 is 2.61 bits per heavy atom. The molecule has 1 aromatic carbocycles. The molecule has 0 aliphatic rings. The van der Waals surface area contributed by atoms with Gasteiger partial charge < -0.3 is 9.88 Å². The number of carbonyl (C=O) groups excluding carboxylic acids is 1. The number of amides is 1. The summed E-state index contributed by atoms with van der Waals surface area (Å²) in [5.41, 5.74) is 0.506. The molecule has 4 heteroatoms. The number of aromatic nitrogens is 1. The van der Waals surface area contributed by atoms with Crippen LogP contribution in [-0.2, 0) is 17.9 Å². The van der Waals surface area contributed by atoms with Crippen molar-refractivity contribution >= 4 is 5.91 Å². The Labute approximate surface area is 105 Å². The van der Waals surface area contributed by atoms with E-state index in [1.807, 2.05) is 29.1 Å². The van der Waals surface area contributed by atoms with Crippen molar-refractivity contribution in [2.24, 2.45) is 0 Å². The molecule has 0 fully saturated rings. The Bertz CT molecular complexity index is 508. The predicted molar refractivity (Wildman–Crippen MR) is 67.3 cm³/mol. The quantitative estimate of drug-likeness (QED) is 0.863. The van der Waals surface area contributed by atoms with E-state index in [2.05, 4.69) is 5.32 Å². The third-order valence-electron chi connectivity index (χ3n) is 2.70. The summed E-state index contributed by atoms with van der Waals surface area (Å²) in [6.07, 6.45) is 4.21. The molecular weight excluding hydrogens is 231 g/mol. The van der Waals surface area contributed by atoms with Crippen molar-refractivity contribution in [3.63, 3.8) is 0 Å². The normalized spacial score (nSPS) is 10.3. The Kier molecular flexibility index (Phi) is 4.12. The Balaban J connectivity index is 1.77. The molecule has 0 saturated carbocycles. The summed E-state index contributed by atoms with van der Waals surface area (Å²) in [4.78, 5) is 11.6. The molecular formula is C14H15FN2O. The standard InChI is InChI=1S/C14H15FN2O/c15-13-6-2-1-5-12(13)11-16-14(18)7-10-17-8-3-4-9-17/h1-6,8-9H,7,10-11H2,(H,16,18). The molecule has 0 aliphatic carbocycles. The van der Waals surface area contributed by atoms with E-state index in [0.717, 1.165) is 0 Å². The van der Waals surface area contributed by atoms with E-state index in [-0.39, 0.29) is 18.3 Å². The van der Waals surface area contributed by atoms with Crippen LogP contribution < -0.4 is 5.32 Å². The van der Waals surface area contributed by atoms with E-state index in [0.29, 0.717) is 18.5 Å². The van der Waals surface area contributed by atoms with Gasteiger partial charge in [-0.15, -0.1) is 0 Å². The van der Waals surface area contributed by atoms with Crippen molar-refractivity contribution in [3.8, 4) is 0 Å². The first-order valence-corrected chi connectivity index (χ1v) is 5.86. The van der Waals surface area contributed by atoms with Gasteiger partial charge in [0.2, 0.25) is 5.91 Å². The minimum Gasteiger partial charge on any atom is -0.354 e. The molecule has 0 spiro atoms. The molecule has 0 unspecified atom stereocenters. The van der Waals surface area contributed by atoms with Crippen LogP contribution in [0.25, 0.3) is 0 Å². The van der Waals surface area contributed by atoms with Crippen molar-refractivity contribution in [2.45, 2.75) is 19.5 Å². The molecule has 0 atom stereocenters. The lowest BCUT2D eigenvalue weighted by molar-refractivity contribution is -0.121. The van der Waals surface area contributed by atoms with Crippen LogP contribution in [0.2, 0.25) is 0 Å². The van der Waals surface area contributed by atoms with E-state index < -0.39 is 0 Å². The summed E-state index contributed by atoms with van der Waals surface area (Å²) < 4.78 is 15.2. The number of nitrogens with zero attached hydrogens (tertiary/aromatic N) is 1. The smallest absolute Gasteiger partial charge is 0.222 e. The second-order valence-corrected chi connectivity index (χ2v) is 4.04. The molecule has 18 heavy (non-hydrogen) atoms. The zero-order valence-corrected chi connectivity index (χ0v) is 9.97. The highest BCUT2D eigenvalue weighted by Crippen LogP contribution is 2.05. The lowest BCUT2D eigenvalue weighted by Gasteiger charge is -2.06. The van der Waals surface area contributed by atoms with Gasteiger partial charge in [-0.1, -0.05) is 18.2 Å². The first-order valence-electron chi connectivity index (χ1n) is 5.86. The number of nitrogens with one attached hydrogen (secondary N) is 1. The summed E-state index contributed by atoms with van der Waals surface area (Å²) in [7, 11) is 0. The number of halogens is 1. The van der Waals surface area contributed by atoms with Gasteiger partial charge in [0.05, 0.1) is 0 Å². The van der Waals surface area contributed by atoms with E-state index >= 15 is 0 Å². The molecule has 0 aliphatic heterocycles. The summed E-state index contributed by atoms with van der Waals surface area (Å²) in [6, 6.07) is 10.3. The van der Waals surface area contributed by atoms with Gasteiger partial charge in [0.1, 0.15) is 5.82 Å². The van der Waals surface area contributed by atoms with E-state index in [9.17, 15) is 9.18 Å². The van der Waals surface area contributed by atoms with Gasteiger partial charge in [0.25, 0.3) is 0 Å². The summed E-state index contributed by atoms with van der Waals surface area (Å²) in [5.74, 6) is -0.366. The molecule has 1 amide bonds. The van der Waals surface area contributed by atoms with Crippen LogP contribution in [0, 0.1) is 5.82 Å². The Morgan fingerprint density at radius 2 is 1.89 bits per heavy atom. The number of hydrogen-bond acceptors (Lipinski definition) is 1. The average Bonchev–Trinajstić information content (AvgIpc) is 2.88. The van der Waals surface area contributed by atoms with Gasteiger partial charge in [-0.25, -0.2) is 4.39 Å². The van der Waals surface area contributed by atoms with Gasteiger partial charge in [-0.05, 0) is 18.2 Å². The molecule has 1 heterocycles. The third-order valence-corrected chi connectivity index (χ3v) is 2.70. The largest absolute Gasteiger partial charge is 0.354 e. The fourth-order valence-corrected chi connectivity index (χ4v) is 1.67. The van der Waals surface area contributed by atoms with Gasteiger partial charge in [0.15, 0.2) is 0 Å². The van der Waals surface area contributed by atoms with Crippen molar-refractivity contribution < 1.29 is 9.18 Å². The highest BCUT2D eigenvalue weighted by Gasteiger charge is 2.04. The molecule has 94 valence electrons. The highest BCUT2D eigenvalue weighted by molar-refractivity contribution is 5.75. The zero-order chi connectivity index (χ0) is 12.8. The summed E-state index contributed by atoms with van der Waals surface area (Å²) >= 11 is 0. The van der Waals surface area contributed by atoms with Crippen molar-refractivity contribution in [3.05, 3.63) is 60.2 Å². The van der Waals surface area contributed by atoms with Crippen molar-refractivity contribution in [1.29, 1.82) is 0 Å². The fourth-order valence-electron chi connectivity index (χ4n) is 1.67. The van der Waals surface area contributed by atoms with E-state index in [1.165, 1.54) is 6.07 Å².